The largest absolute Gasteiger partial charge is 0.372 e. The Bertz CT molecular complexity index is 459. The van der Waals surface area contributed by atoms with Crippen LogP contribution in [0.25, 0.3) is 0 Å². The SMILES string of the molecule is NCC1(Nc2c(Cl)cccc2[N+](=O)[O-])CCCC1. The molecule has 0 atom stereocenters. The van der Waals surface area contributed by atoms with Gasteiger partial charge in [-0.15, -0.1) is 0 Å². The first-order valence-electron chi connectivity index (χ1n) is 5.99. The number of anilines is 1. The molecule has 0 saturated heterocycles. The van der Waals surface area contributed by atoms with Crippen molar-refractivity contribution in [1.82, 2.24) is 0 Å². The molecular formula is C12H16ClN3O2. The van der Waals surface area contributed by atoms with Crippen molar-refractivity contribution in [2.75, 3.05) is 11.9 Å². The lowest BCUT2D eigenvalue weighted by atomic mass is 9.97. The Morgan fingerprint density at radius 3 is 2.67 bits per heavy atom. The number of para-hydroxylation sites is 1. The fourth-order valence-corrected chi connectivity index (χ4v) is 2.70. The van der Waals surface area contributed by atoms with E-state index in [0.29, 0.717) is 17.3 Å². The molecule has 1 fully saturated rings. The first-order chi connectivity index (χ1) is 8.58. The topological polar surface area (TPSA) is 81.2 Å². The van der Waals surface area contributed by atoms with E-state index in [2.05, 4.69) is 5.32 Å². The zero-order valence-electron chi connectivity index (χ0n) is 9.99. The van der Waals surface area contributed by atoms with E-state index in [1.807, 2.05) is 0 Å². The van der Waals surface area contributed by atoms with Crippen molar-refractivity contribution in [2.24, 2.45) is 5.73 Å². The van der Waals surface area contributed by atoms with Gasteiger partial charge in [0, 0.05) is 18.2 Å². The third-order valence-corrected chi connectivity index (χ3v) is 3.84. The van der Waals surface area contributed by atoms with Gasteiger partial charge >= 0.3 is 0 Å². The Kier molecular flexibility index (Phi) is 3.73. The fourth-order valence-electron chi connectivity index (χ4n) is 2.49. The van der Waals surface area contributed by atoms with Crippen molar-refractivity contribution < 1.29 is 4.92 Å². The molecule has 0 heterocycles. The molecule has 1 aliphatic carbocycles. The minimum absolute atomic E-state index is 0.00206. The smallest absolute Gasteiger partial charge is 0.293 e. The zero-order valence-corrected chi connectivity index (χ0v) is 10.7. The highest BCUT2D eigenvalue weighted by atomic mass is 35.5. The Labute approximate surface area is 110 Å². The average molecular weight is 270 g/mol. The lowest BCUT2D eigenvalue weighted by Gasteiger charge is -2.30. The molecule has 1 aliphatic rings. The van der Waals surface area contributed by atoms with Crippen LogP contribution in [-0.2, 0) is 0 Å². The number of nitrogens with two attached hydrogens (primary N) is 1. The van der Waals surface area contributed by atoms with Crippen molar-refractivity contribution in [2.45, 2.75) is 31.2 Å². The van der Waals surface area contributed by atoms with Crippen molar-refractivity contribution in [1.29, 1.82) is 0 Å². The summed E-state index contributed by atoms with van der Waals surface area (Å²) in [6, 6.07) is 4.68. The monoisotopic (exact) mass is 269 g/mol. The molecule has 0 spiro atoms. The Morgan fingerprint density at radius 1 is 1.44 bits per heavy atom. The molecule has 0 amide bonds. The van der Waals surface area contributed by atoms with Gasteiger partial charge in [0.1, 0.15) is 5.69 Å². The molecule has 0 bridgehead atoms. The van der Waals surface area contributed by atoms with Gasteiger partial charge in [-0.1, -0.05) is 30.5 Å². The quantitative estimate of drug-likeness (QED) is 0.650. The van der Waals surface area contributed by atoms with E-state index in [1.165, 1.54) is 6.07 Å². The Hall–Kier alpha value is -1.33. The van der Waals surface area contributed by atoms with Crippen molar-refractivity contribution in [3.8, 4) is 0 Å². The second-order valence-corrected chi connectivity index (χ2v) is 5.11. The van der Waals surface area contributed by atoms with Gasteiger partial charge in [-0.2, -0.15) is 0 Å². The maximum absolute atomic E-state index is 11.0. The predicted octanol–water partition coefficient (Wildman–Crippen LogP) is 2.93. The molecule has 5 nitrogen and oxygen atoms in total. The average Bonchev–Trinajstić information content (AvgIpc) is 2.81. The van der Waals surface area contributed by atoms with Crippen molar-refractivity contribution in [3.63, 3.8) is 0 Å². The van der Waals surface area contributed by atoms with Gasteiger partial charge in [0.05, 0.1) is 9.95 Å². The molecule has 0 aliphatic heterocycles. The minimum atomic E-state index is -0.423. The molecular weight excluding hydrogens is 254 g/mol. The molecule has 0 aromatic heterocycles. The molecule has 6 heteroatoms. The molecule has 0 radical (unpaired) electrons. The number of nitrogens with zero attached hydrogens (tertiary/aromatic N) is 1. The summed E-state index contributed by atoms with van der Waals surface area (Å²) < 4.78 is 0. The molecule has 98 valence electrons. The summed E-state index contributed by atoms with van der Waals surface area (Å²) in [5, 5.41) is 14.6. The van der Waals surface area contributed by atoms with E-state index in [0.717, 1.165) is 25.7 Å². The highest BCUT2D eigenvalue weighted by Crippen LogP contribution is 2.38. The fraction of sp³-hybridized carbons (Fsp3) is 0.500. The summed E-state index contributed by atoms with van der Waals surface area (Å²) in [6.45, 7) is 0.454. The van der Waals surface area contributed by atoms with Crippen LogP contribution in [-0.4, -0.2) is 17.0 Å². The number of nitro groups is 1. The second kappa shape index (κ2) is 5.12. The highest BCUT2D eigenvalue weighted by Gasteiger charge is 2.34. The summed E-state index contributed by atoms with van der Waals surface area (Å²) in [6.07, 6.45) is 4.02. The van der Waals surface area contributed by atoms with Gasteiger partial charge in [0.15, 0.2) is 0 Å². The maximum Gasteiger partial charge on any atom is 0.293 e. The van der Waals surface area contributed by atoms with E-state index in [1.54, 1.807) is 12.1 Å². The van der Waals surface area contributed by atoms with Gasteiger partial charge in [-0.3, -0.25) is 10.1 Å². The van der Waals surface area contributed by atoms with Gasteiger partial charge in [0.2, 0.25) is 0 Å². The molecule has 3 N–H and O–H groups in total. The molecule has 1 saturated carbocycles. The van der Waals surface area contributed by atoms with Gasteiger partial charge in [-0.05, 0) is 18.9 Å². The van der Waals surface area contributed by atoms with Gasteiger partial charge in [-0.25, -0.2) is 0 Å². The second-order valence-electron chi connectivity index (χ2n) is 4.71. The van der Waals surface area contributed by atoms with Crippen LogP contribution in [0.3, 0.4) is 0 Å². The summed E-state index contributed by atoms with van der Waals surface area (Å²) in [5.74, 6) is 0. The van der Waals surface area contributed by atoms with Gasteiger partial charge in [0.25, 0.3) is 5.69 Å². The van der Waals surface area contributed by atoms with E-state index >= 15 is 0 Å². The van der Waals surface area contributed by atoms with Crippen LogP contribution >= 0.6 is 11.6 Å². The number of hydrogen-bond donors (Lipinski definition) is 2. The van der Waals surface area contributed by atoms with Crippen LogP contribution in [0.15, 0.2) is 18.2 Å². The van der Waals surface area contributed by atoms with Crippen LogP contribution in [0.4, 0.5) is 11.4 Å². The number of benzene rings is 1. The molecule has 18 heavy (non-hydrogen) atoms. The van der Waals surface area contributed by atoms with E-state index in [-0.39, 0.29) is 11.2 Å². The molecule has 1 aromatic carbocycles. The number of nitrogens with one attached hydrogen (secondary N) is 1. The number of halogens is 1. The van der Waals surface area contributed by atoms with Crippen LogP contribution in [0.1, 0.15) is 25.7 Å². The van der Waals surface area contributed by atoms with E-state index in [4.69, 9.17) is 17.3 Å². The third-order valence-electron chi connectivity index (χ3n) is 3.53. The van der Waals surface area contributed by atoms with E-state index in [9.17, 15) is 10.1 Å². The first-order valence-corrected chi connectivity index (χ1v) is 6.37. The predicted molar refractivity (Wildman–Crippen MR) is 72.0 cm³/mol. The normalized spacial score (nSPS) is 17.7. The van der Waals surface area contributed by atoms with Crippen molar-refractivity contribution in [3.05, 3.63) is 33.3 Å². The lowest BCUT2D eigenvalue weighted by Crippen LogP contribution is -2.43. The molecule has 2 rings (SSSR count). The maximum atomic E-state index is 11.0. The lowest BCUT2D eigenvalue weighted by molar-refractivity contribution is -0.384. The minimum Gasteiger partial charge on any atom is -0.372 e. The Balaban J connectivity index is 2.35. The number of nitro benzene ring substituents is 1. The van der Waals surface area contributed by atoms with E-state index < -0.39 is 4.92 Å². The summed E-state index contributed by atoms with van der Waals surface area (Å²) in [5.41, 5.74) is 5.95. The number of rotatable bonds is 4. The summed E-state index contributed by atoms with van der Waals surface area (Å²) in [7, 11) is 0. The Morgan fingerprint density at radius 2 is 2.11 bits per heavy atom. The summed E-state index contributed by atoms with van der Waals surface area (Å²) in [4.78, 5) is 10.6. The van der Waals surface area contributed by atoms with Crippen LogP contribution < -0.4 is 11.1 Å². The standard InChI is InChI=1S/C12H16ClN3O2/c13-9-4-3-5-10(16(17)18)11(9)15-12(8-14)6-1-2-7-12/h3-5,15H,1-2,6-8,14H2. The molecule has 1 aromatic rings. The zero-order chi connectivity index (χ0) is 13.2. The van der Waals surface area contributed by atoms with Gasteiger partial charge < -0.3 is 11.1 Å². The van der Waals surface area contributed by atoms with Crippen LogP contribution in [0.2, 0.25) is 5.02 Å². The first kappa shape index (κ1) is 13.1. The number of hydrogen-bond acceptors (Lipinski definition) is 4. The summed E-state index contributed by atoms with van der Waals surface area (Å²) >= 11 is 6.06. The highest BCUT2D eigenvalue weighted by molar-refractivity contribution is 6.33. The van der Waals surface area contributed by atoms with Crippen molar-refractivity contribution >= 4 is 23.0 Å². The third kappa shape index (κ3) is 2.42. The van der Waals surface area contributed by atoms with Crippen LogP contribution in [0.5, 0.6) is 0 Å². The van der Waals surface area contributed by atoms with Crippen LogP contribution in [0, 0.1) is 10.1 Å². The molecule has 0 unspecified atom stereocenters.